The number of imidazole rings is 1. The van der Waals surface area contributed by atoms with Crippen molar-refractivity contribution >= 4 is 21.1 Å². The normalized spacial score (nSPS) is 11.8. The van der Waals surface area contributed by atoms with Crippen LogP contribution in [0.15, 0.2) is 58.5 Å². The number of sulfonamides is 1. The SMILES string of the molecule is Cc1nc2c[nH]c(=O)c(-c3ccccc3)c2n1Cc1ncc(S(N)(=O)=O)cc1F. The van der Waals surface area contributed by atoms with Crippen molar-refractivity contribution in [3.8, 4) is 11.1 Å². The molecule has 0 saturated carbocycles. The van der Waals surface area contributed by atoms with Gasteiger partial charge in [0.15, 0.2) is 0 Å². The maximum absolute atomic E-state index is 14.5. The molecule has 0 aliphatic rings. The predicted molar refractivity (Wildman–Crippen MR) is 105 cm³/mol. The summed E-state index contributed by atoms with van der Waals surface area (Å²) in [5.74, 6) is -0.267. The van der Waals surface area contributed by atoms with Crippen molar-refractivity contribution in [2.24, 2.45) is 5.14 Å². The molecule has 8 nitrogen and oxygen atoms in total. The molecule has 0 aliphatic carbocycles. The highest BCUT2D eigenvalue weighted by Crippen LogP contribution is 2.26. The average molecular weight is 413 g/mol. The summed E-state index contributed by atoms with van der Waals surface area (Å²) in [5, 5.41) is 5.02. The van der Waals surface area contributed by atoms with Crippen LogP contribution < -0.4 is 10.7 Å². The van der Waals surface area contributed by atoms with E-state index in [4.69, 9.17) is 5.14 Å². The van der Waals surface area contributed by atoms with Gasteiger partial charge in [-0.05, 0) is 18.6 Å². The third kappa shape index (κ3) is 3.43. The van der Waals surface area contributed by atoms with E-state index in [0.717, 1.165) is 12.3 Å². The number of nitrogens with one attached hydrogen (secondary N) is 1. The van der Waals surface area contributed by atoms with Crippen LogP contribution in [0, 0.1) is 12.7 Å². The van der Waals surface area contributed by atoms with Gasteiger partial charge in [-0.3, -0.25) is 9.78 Å². The Morgan fingerprint density at radius 1 is 1.24 bits per heavy atom. The Balaban J connectivity index is 1.91. The Bertz CT molecular complexity index is 1390. The van der Waals surface area contributed by atoms with Crippen molar-refractivity contribution in [2.45, 2.75) is 18.4 Å². The Morgan fingerprint density at radius 2 is 1.97 bits per heavy atom. The molecule has 0 unspecified atom stereocenters. The molecule has 0 amide bonds. The van der Waals surface area contributed by atoms with E-state index in [0.29, 0.717) is 28.0 Å². The molecule has 4 rings (SSSR count). The standard InChI is InChI=1S/C19H16FN5O3S/c1-11-24-15-9-23-19(26)17(12-5-3-2-4-6-12)18(15)25(11)10-16-14(20)7-13(8-22-16)29(21,27)28/h2-9H,10H2,1H3,(H,23,26)(H2,21,27,28). The number of aryl methyl sites for hydroxylation is 1. The average Bonchev–Trinajstić information content (AvgIpc) is 2.98. The smallest absolute Gasteiger partial charge is 0.258 e. The van der Waals surface area contributed by atoms with E-state index >= 15 is 0 Å². The number of pyridine rings is 2. The number of nitrogens with two attached hydrogens (primary N) is 1. The number of rotatable bonds is 4. The second-order valence-corrected chi connectivity index (χ2v) is 8.04. The Morgan fingerprint density at radius 3 is 2.62 bits per heavy atom. The van der Waals surface area contributed by atoms with Crippen LogP contribution in [0.1, 0.15) is 11.5 Å². The van der Waals surface area contributed by atoms with E-state index in [9.17, 15) is 17.6 Å². The van der Waals surface area contributed by atoms with E-state index in [1.54, 1.807) is 23.6 Å². The van der Waals surface area contributed by atoms with Gasteiger partial charge in [0.05, 0.1) is 23.3 Å². The van der Waals surface area contributed by atoms with E-state index in [1.165, 1.54) is 6.20 Å². The van der Waals surface area contributed by atoms with Gasteiger partial charge in [0.1, 0.15) is 22.1 Å². The van der Waals surface area contributed by atoms with Crippen LogP contribution in [0.5, 0.6) is 0 Å². The van der Waals surface area contributed by atoms with Crippen molar-refractivity contribution in [3.63, 3.8) is 0 Å². The Hall–Kier alpha value is -3.37. The molecule has 0 radical (unpaired) electrons. The summed E-state index contributed by atoms with van der Waals surface area (Å²) in [7, 11) is -4.06. The van der Waals surface area contributed by atoms with Gasteiger partial charge in [-0.25, -0.2) is 22.9 Å². The lowest BCUT2D eigenvalue weighted by atomic mass is 10.1. The van der Waals surface area contributed by atoms with Gasteiger partial charge in [-0.1, -0.05) is 30.3 Å². The van der Waals surface area contributed by atoms with Gasteiger partial charge in [-0.15, -0.1) is 0 Å². The van der Waals surface area contributed by atoms with Crippen LogP contribution in [-0.2, 0) is 16.6 Å². The molecule has 3 aromatic heterocycles. The monoisotopic (exact) mass is 413 g/mol. The summed E-state index contributed by atoms with van der Waals surface area (Å²) >= 11 is 0. The number of primary sulfonamides is 1. The number of fused-ring (bicyclic) bond motifs is 1. The van der Waals surface area contributed by atoms with Gasteiger partial charge < -0.3 is 9.55 Å². The third-order valence-electron chi connectivity index (χ3n) is 4.58. The minimum absolute atomic E-state index is 0.000840. The van der Waals surface area contributed by atoms with Crippen LogP contribution >= 0.6 is 0 Å². The summed E-state index contributed by atoms with van der Waals surface area (Å²) in [6.45, 7) is 1.69. The van der Waals surface area contributed by atoms with Crippen molar-refractivity contribution in [1.82, 2.24) is 19.5 Å². The Labute approximate surface area is 164 Å². The first-order chi connectivity index (χ1) is 13.8. The fraction of sp³-hybridized carbons (Fsp3) is 0.105. The van der Waals surface area contributed by atoms with E-state index < -0.39 is 20.7 Å². The maximum atomic E-state index is 14.5. The molecular weight excluding hydrogens is 397 g/mol. The molecule has 3 heterocycles. The molecule has 0 aliphatic heterocycles. The second-order valence-electron chi connectivity index (χ2n) is 6.48. The number of H-pyrrole nitrogens is 1. The van der Waals surface area contributed by atoms with Crippen LogP contribution in [0.4, 0.5) is 4.39 Å². The molecule has 148 valence electrons. The summed E-state index contributed by atoms with van der Waals surface area (Å²) in [5.41, 5.74) is 1.88. The maximum Gasteiger partial charge on any atom is 0.258 e. The molecule has 10 heteroatoms. The fourth-order valence-corrected chi connectivity index (χ4v) is 3.67. The highest BCUT2D eigenvalue weighted by Gasteiger charge is 2.19. The minimum atomic E-state index is -4.06. The lowest BCUT2D eigenvalue weighted by Crippen LogP contribution is -2.15. The van der Waals surface area contributed by atoms with E-state index in [-0.39, 0.29) is 17.8 Å². The number of aromatic nitrogens is 4. The molecule has 1 aromatic carbocycles. The molecule has 29 heavy (non-hydrogen) atoms. The third-order valence-corrected chi connectivity index (χ3v) is 5.46. The van der Waals surface area contributed by atoms with Gasteiger partial charge in [0, 0.05) is 12.4 Å². The largest absolute Gasteiger partial charge is 0.326 e. The zero-order valence-electron chi connectivity index (χ0n) is 15.3. The molecule has 3 N–H and O–H groups in total. The molecule has 4 aromatic rings. The summed E-state index contributed by atoms with van der Waals surface area (Å²) in [6.07, 6.45) is 2.51. The van der Waals surface area contributed by atoms with Crippen molar-refractivity contribution in [3.05, 3.63) is 76.5 Å². The quantitative estimate of drug-likeness (QED) is 0.529. The van der Waals surface area contributed by atoms with Gasteiger partial charge in [0.2, 0.25) is 10.0 Å². The number of nitrogens with zero attached hydrogens (tertiary/aromatic N) is 3. The predicted octanol–water partition coefficient (Wildman–Crippen LogP) is 1.93. The lowest BCUT2D eigenvalue weighted by molar-refractivity contribution is 0.572. The van der Waals surface area contributed by atoms with Gasteiger partial charge in [-0.2, -0.15) is 0 Å². The van der Waals surface area contributed by atoms with E-state index in [2.05, 4.69) is 15.0 Å². The molecule has 0 fully saturated rings. The van der Waals surface area contributed by atoms with Crippen molar-refractivity contribution in [1.29, 1.82) is 0 Å². The zero-order valence-corrected chi connectivity index (χ0v) is 16.1. The number of aromatic amines is 1. The van der Waals surface area contributed by atoms with Crippen LogP contribution in [0.2, 0.25) is 0 Å². The van der Waals surface area contributed by atoms with Crippen LogP contribution in [-0.4, -0.2) is 27.9 Å². The first-order valence-electron chi connectivity index (χ1n) is 8.57. The highest BCUT2D eigenvalue weighted by molar-refractivity contribution is 7.89. The lowest BCUT2D eigenvalue weighted by Gasteiger charge is -2.11. The number of benzene rings is 1. The summed E-state index contributed by atoms with van der Waals surface area (Å²) < 4.78 is 39.0. The Kier molecular flexibility index (Phi) is 4.52. The molecule has 0 bridgehead atoms. The van der Waals surface area contributed by atoms with Crippen LogP contribution in [0.25, 0.3) is 22.2 Å². The van der Waals surface area contributed by atoms with E-state index in [1.807, 2.05) is 18.2 Å². The van der Waals surface area contributed by atoms with Gasteiger partial charge in [0.25, 0.3) is 5.56 Å². The van der Waals surface area contributed by atoms with Gasteiger partial charge >= 0.3 is 0 Å². The second kappa shape index (κ2) is 6.90. The van der Waals surface area contributed by atoms with Crippen LogP contribution in [0.3, 0.4) is 0 Å². The minimum Gasteiger partial charge on any atom is -0.326 e. The molecular formula is C19H16FN5O3S. The zero-order chi connectivity index (χ0) is 20.8. The summed E-state index contributed by atoms with van der Waals surface area (Å²) in [6, 6.07) is 9.90. The molecule has 0 atom stereocenters. The summed E-state index contributed by atoms with van der Waals surface area (Å²) in [4.78, 5) is 23.2. The fourth-order valence-electron chi connectivity index (χ4n) is 3.20. The molecule has 0 spiro atoms. The number of hydrogen-bond donors (Lipinski definition) is 2. The van der Waals surface area contributed by atoms with Crippen molar-refractivity contribution < 1.29 is 12.8 Å². The van der Waals surface area contributed by atoms with Crippen molar-refractivity contribution in [2.75, 3.05) is 0 Å². The topological polar surface area (TPSA) is 124 Å². The molecule has 0 saturated heterocycles. The number of halogens is 1. The first kappa shape index (κ1) is 19.0. The highest BCUT2D eigenvalue weighted by atomic mass is 32.2. The first-order valence-corrected chi connectivity index (χ1v) is 10.1. The number of hydrogen-bond acceptors (Lipinski definition) is 5.